The maximum Gasteiger partial charge on any atom is 0.0466 e. The van der Waals surface area contributed by atoms with Gasteiger partial charge in [-0.05, 0) is 33.2 Å². The molecule has 2 nitrogen and oxygen atoms in total. The smallest absolute Gasteiger partial charge is 0.0466 e. The minimum atomic E-state index is 0.624. The van der Waals surface area contributed by atoms with E-state index in [-0.39, 0.29) is 0 Å². The molecule has 0 heterocycles. The van der Waals surface area contributed by atoms with Crippen LogP contribution in [0.1, 0.15) is 46.0 Å². The second-order valence-electron chi connectivity index (χ2n) is 3.65. The number of hydrogen-bond acceptors (Lipinski definition) is 2. The van der Waals surface area contributed by atoms with Crippen LogP contribution >= 0.6 is 0 Å². The highest BCUT2D eigenvalue weighted by molar-refractivity contribution is 4.55. The average Bonchev–Trinajstić information content (AvgIpc) is 2.16. The number of nitrogens with one attached hydrogen (secondary N) is 1. The molecule has 0 aliphatic carbocycles. The molecule has 80 valence electrons. The van der Waals surface area contributed by atoms with Crippen LogP contribution in [0, 0.1) is 0 Å². The zero-order valence-corrected chi connectivity index (χ0v) is 9.44. The molecule has 0 saturated heterocycles. The van der Waals surface area contributed by atoms with Crippen LogP contribution in [0.25, 0.3) is 0 Å². The second kappa shape index (κ2) is 10.0. The maximum absolute atomic E-state index is 5.50. The molecule has 2 heteroatoms. The number of ether oxygens (including phenoxy) is 1. The van der Waals surface area contributed by atoms with E-state index >= 15 is 0 Å². The Bertz CT molecular complexity index is 96.1. The van der Waals surface area contributed by atoms with Crippen molar-refractivity contribution in [3.05, 3.63) is 0 Å². The van der Waals surface area contributed by atoms with E-state index in [1.807, 2.05) is 7.05 Å². The summed E-state index contributed by atoms with van der Waals surface area (Å²) in [7, 11) is 2.01. The predicted octanol–water partition coefficient (Wildman–Crippen LogP) is 2.58. The van der Waals surface area contributed by atoms with Crippen LogP contribution in [-0.4, -0.2) is 26.3 Å². The van der Waals surface area contributed by atoms with Crippen LogP contribution in [0.2, 0.25) is 0 Å². The van der Waals surface area contributed by atoms with Gasteiger partial charge in [-0.2, -0.15) is 0 Å². The molecule has 0 fully saturated rings. The van der Waals surface area contributed by atoms with Crippen LogP contribution in [0.15, 0.2) is 0 Å². The van der Waals surface area contributed by atoms with Gasteiger partial charge in [-0.1, -0.05) is 19.8 Å². The summed E-state index contributed by atoms with van der Waals surface area (Å²) in [5.41, 5.74) is 0. The lowest BCUT2D eigenvalue weighted by molar-refractivity contribution is 0.125. The van der Waals surface area contributed by atoms with Gasteiger partial charge in [0.25, 0.3) is 0 Å². The fraction of sp³-hybridized carbons (Fsp3) is 1.00. The van der Waals surface area contributed by atoms with Crippen molar-refractivity contribution in [2.24, 2.45) is 0 Å². The molecule has 1 unspecified atom stereocenters. The predicted molar refractivity (Wildman–Crippen MR) is 58.1 cm³/mol. The number of rotatable bonds is 9. The standard InChI is InChI=1S/C11H25NO/c1-4-5-6-9-13-10-7-8-11(2)12-3/h11-12H,4-10H2,1-3H3. The third kappa shape index (κ3) is 9.84. The average molecular weight is 187 g/mol. The fourth-order valence-electron chi connectivity index (χ4n) is 1.19. The van der Waals surface area contributed by atoms with Gasteiger partial charge >= 0.3 is 0 Å². The van der Waals surface area contributed by atoms with E-state index in [1.165, 1.54) is 32.1 Å². The van der Waals surface area contributed by atoms with Crippen molar-refractivity contribution in [1.29, 1.82) is 0 Å². The summed E-state index contributed by atoms with van der Waals surface area (Å²) in [5, 5.41) is 3.22. The molecule has 0 rings (SSSR count). The SMILES string of the molecule is CCCCCOCCCC(C)NC. The Morgan fingerprint density at radius 3 is 2.46 bits per heavy atom. The molecule has 0 aliphatic rings. The summed E-state index contributed by atoms with van der Waals surface area (Å²) in [6.07, 6.45) is 6.18. The minimum absolute atomic E-state index is 0.624. The first-order valence-corrected chi connectivity index (χ1v) is 5.56. The van der Waals surface area contributed by atoms with Crippen LogP contribution < -0.4 is 5.32 Å². The second-order valence-corrected chi connectivity index (χ2v) is 3.65. The van der Waals surface area contributed by atoms with Crippen molar-refractivity contribution in [1.82, 2.24) is 5.32 Å². The van der Waals surface area contributed by atoms with Gasteiger partial charge in [0.1, 0.15) is 0 Å². The molecule has 0 saturated carbocycles. The zero-order valence-electron chi connectivity index (χ0n) is 9.44. The number of hydrogen-bond donors (Lipinski definition) is 1. The molecule has 1 atom stereocenters. The fourth-order valence-corrected chi connectivity index (χ4v) is 1.19. The lowest BCUT2D eigenvalue weighted by Gasteiger charge is -2.09. The molecule has 0 bridgehead atoms. The molecule has 0 amide bonds. The first-order chi connectivity index (χ1) is 6.31. The number of unbranched alkanes of at least 4 members (excludes halogenated alkanes) is 2. The Balaban J connectivity index is 2.91. The van der Waals surface area contributed by atoms with Gasteiger partial charge in [0.05, 0.1) is 0 Å². The van der Waals surface area contributed by atoms with Crippen molar-refractivity contribution < 1.29 is 4.74 Å². The lowest BCUT2D eigenvalue weighted by Crippen LogP contribution is -2.21. The van der Waals surface area contributed by atoms with E-state index < -0.39 is 0 Å². The molecule has 1 N–H and O–H groups in total. The summed E-state index contributed by atoms with van der Waals surface area (Å²) >= 11 is 0. The molecule has 0 radical (unpaired) electrons. The van der Waals surface area contributed by atoms with Crippen molar-refractivity contribution in [3.63, 3.8) is 0 Å². The van der Waals surface area contributed by atoms with Crippen LogP contribution in [-0.2, 0) is 4.74 Å². The van der Waals surface area contributed by atoms with Gasteiger partial charge in [0.2, 0.25) is 0 Å². The summed E-state index contributed by atoms with van der Waals surface area (Å²) in [5.74, 6) is 0. The van der Waals surface area contributed by atoms with Crippen LogP contribution in [0.5, 0.6) is 0 Å². The Morgan fingerprint density at radius 2 is 1.85 bits per heavy atom. The monoisotopic (exact) mass is 187 g/mol. The van der Waals surface area contributed by atoms with E-state index in [0.717, 1.165) is 13.2 Å². The van der Waals surface area contributed by atoms with Crippen molar-refractivity contribution in [3.8, 4) is 0 Å². The highest BCUT2D eigenvalue weighted by atomic mass is 16.5. The van der Waals surface area contributed by atoms with E-state index in [4.69, 9.17) is 4.74 Å². The highest BCUT2D eigenvalue weighted by Crippen LogP contribution is 1.98. The van der Waals surface area contributed by atoms with Gasteiger partial charge in [-0.25, -0.2) is 0 Å². The summed E-state index contributed by atoms with van der Waals surface area (Å²) in [6.45, 7) is 6.29. The molecule has 0 spiro atoms. The van der Waals surface area contributed by atoms with Crippen molar-refractivity contribution in [2.75, 3.05) is 20.3 Å². The Kier molecular flexibility index (Phi) is 9.94. The highest BCUT2D eigenvalue weighted by Gasteiger charge is 1.96. The minimum Gasteiger partial charge on any atom is -0.381 e. The Labute approximate surface area is 83.1 Å². The molecular weight excluding hydrogens is 162 g/mol. The quantitative estimate of drug-likeness (QED) is 0.560. The van der Waals surface area contributed by atoms with Gasteiger partial charge in [0, 0.05) is 19.3 Å². The molecule has 0 aromatic carbocycles. The molecule has 0 aromatic rings. The van der Waals surface area contributed by atoms with Crippen molar-refractivity contribution >= 4 is 0 Å². The molecular formula is C11H25NO. The summed E-state index contributed by atoms with van der Waals surface area (Å²) in [4.78, 5) is 0. The first kappa shape index (κ1) is 12.9. The van der Waals surface area contributed by atoms with Crippen LogP contribution in [0.4, 0.5) is 0 Å². The van der Waals surface area contributed by atoms with Crippen LogP contribution in [0.3, 0.4) is 0 Å². The largest absolute Gasteiger partial charge is 0.381 e. The van der Waals surface area contributed by atoms with E-state index in [2.05, 4.69) is 19.2 Å². The van der Waals surface area contributed by atoms with Gasteiger partial charge in [-0.3, -0.25) is 0 Å². The molecule has 0 aromatic heterocycles. The zero-order chi connectivity index (χ0) is 9.94. The molecule has 0 aliphatic heterocycles. The van der Waals surface area contributed by atoms with E-state index in [9.17, 15) is 0 Å². The Hall–Kier alpha value is -0.0800. The van der Waals surface area contributed by atoms with E-state index in [1.54, 1.807) is 0 Å². The lowest BCUT2D eigenvalue weighted by atomic mass is 10.2. The van der Waals surface area contributed by atoms with E-state index in [0.29, 0.717) is 6.04 Å². The van der Waals surface area contributed by atoms with Gasteiger partial charge in [-0.15, -0.1) is 0 Å². The molecule has 13 heavy (non-hydrogen) atoms. The Morgan fingerprint density at radius 1 is 1.15 bits per heavy atom. The van der Waals surface area contributed by atoms with Crippen molar-refractivity contribution in [2.45, 2.75) is 52.0 Å². The normalized spacial score (nSPS) is 13.2. The topological polar surface area (TPSA) is 21.3 Å². The van der Waals surface area contributed by atoms with Gasteiger partial charge < -0.3 is 10.1 Å². The third-order valence-corrected chi connectivity index (χ3v) is 2.31. The summed E-state index contributed by atoms with van der Waals surface area (Å²) in [6, 6.07) is 0.624. The first-order valence-electron chi connectivity index (χ1n) is 5.56. The maximum atomic E-state index is 5.50. The van der Waals surface area contributed by atoms with Gasteiger partial charge in [0.15, 0.2) is 0 Å². The third-order valence-electron chi connectivity index (χ3n) is 2.31. The summed E-state index contributed by atoms with van der Waals surface area (Å²) < 4.78 is 5.50.